The van der Waals surface area contributed by atoms with E-state index in [9.17, 15) is 0 Å². The van der Waals surface area contributed by atoms with Gasteiger partial charge in [-0.2, -0.15) is 0 Å². The molecule has 0 bridgehead atoms. The molecule has 2 atom stereocenters. The summed E-state index contributed by atoms with van der Waals surface area (Å²) in [5.41, 5.74) is 1.11. The summed E-state index contributed by atoms with van der Waals surface area (Å²) in [6, 6.07) is 5.61. The van der Waals surface area contributed by atoms with Crippen molar-refractivity contribution in [1.82, 2.24) is 0 Å². The average Bonchev–Trinajstić information content (AvgIpc) is 2.19. The van der Waals surface area contributed by atoms with Crippen LogP contribution in [-0.2, 0) is 0 Å². The number of benzene rings is 1. The van der Waals surface area contributed by atoms with E-state index in [1.807, 2.05) is 18.2 Å². The van der Waals surface area contributed by atoms with Crippen molar-refractivity contribution in [1.29, 1.82) is 0 Å². The van der Waals surface area contributed by atoms with Crippen molar-refractivity contribution in [2.45, 2.75) is 31.0 Å². The summed E-state index contributed by atoms with van der Waals surface area (Å²) in [5.74, 6) is 0.381. The predicted octanol–water partition coefficient (Wildman–Crippen LogP) is 5.27. The average molecular weight is 296 g/mol. The van der Waals surface area contributed by atoms with Crippen molar-refractivity contribution in [3.05, 3.63) is 33.8 Å². The summed E-state index contributed by atoms with van der Waals surface area (Å²) in [4.78, 5) is 0.443. The van der Waals surface area contributed by atoms with Crippen LogP contribution in [0.15, 0.2) is 18.2 Å². The summed E-state index contributed by atoms with van der Waals surface area (Å²) >= 11 is 15.7. The molecule has 0 aromatic heterocycles. The molecule has 0 N–H and O–H groups in total. The maximum atomic E-state index is 6.11. The van der Waals surface area contributed by atoms with Crippen molar-refractivity contribution in [2.75, 3.05) is 0 Å². The van der Waals surface area contributed by atoms with E-state index in [0.29, 0.717) is 10.7 Å². The Morgan fingerprint density at radius 2 is 2.00 bits per heavy atom. The van der Waals surface area contributed by atoms with E-state index in [2.05, 4.69) is 29.8 Å². The summed E-state index contributed by atoms with van der Waals surface area (Å²) in [6.07, 6.45) is 1.07. The van der Waals surface area contributed by atoms with Crippen LogP contribution in [-0.4, -0.2) is 4.83 Å². The van der Waals surface area contributed by atoms with Crippen molar-refractivity contribution in [3.8, 4) is 0 Å². The third kappa shape index (κ3) is 2.88. The van der Waals surface area contributed by atoms with Gasteiger partial charge in [0.05, 0.1) is 0 Å². The maximum Gasteiger partial charge on any atom is 0.0442 e. The van der Waals surface area contributed by atoms with E-state index < -0.39 is 0 Å². The van der Waals surface area contributed by atoms with Gasteiger partial charge in [-0.1, -0.05) is 53.0 Å². The molecule has 1 aromatic rings. The normalized spacial score (nSPS) is 15.2. The lowest BCUT2D eigenvalue weighted by Gasteiger charge is -2.18. The Morgan fingerprint density at radius 1 is 1.36 bits per heavy atom. The highest BCUT2D eigenvalue weighted by Crippen LogP contribution is 2.33. The molecule has 0 aliphatic rings. The first-order chi connectivity index (χ1) is 6.56. The molecule has 2 unspecified atom stereocenters. The topological polar surface area (TPSA) is 0 Å². The van der Waals surface area contributed by atoms with Gasteiger partial charge in [-0.3, -0.25) is 0 Å². The summed E-state index contributed by atoms with van der Waals surface area (Å²) < 4.78 is 0. The molecule has 0 saturated carbocycles. The fourth-order valence-electron chi connectivity index (χ4n) is 1.41. The Labute approximate surface area is 104 Å². The molecule has 78 valence electrons. The molecule has 0 nitrogen and oxygen atoms in total. The van der Waals surface area contributed by atoms with E-state index in [4.69, 9.17) is 23.2 Å². The molecule has 0 saturated heterocycles. The van der Waals surface area contributed by atoms with Crippen LogP contribution in [0, 0.1) is 0 Å². The molecule has 0 aliphatic heterocycles. The molecule has 0 aliphatic carbocycles. The van der Waals surface area contributed by atoms with Crippen molar-refractivity contribution < 1.29 is 0 Å². The van der Waals surface area contributed by atoms with E-state index in [1.54, 1.807) is 0 Å². The van der Waals surface area contributed by atoms with E-state index in [-0.39, 0.29) is 0 Å². The highest BCUT2D eigenvalue weighted by molar-refractivity contribution is 9.09. The lowest BCUT2D eigenvalue weighted by molar-refractivity contribution is 0.694. The molecule has 14 heavy (non-hydrogen) atoms. The van der Waals surface area contributed by atoms with Gasteiger partial charge in [0.15, 0.2) is 0 Å². The Kier molecular flexibility index (Phi) is 4.75. The minimum Gasteiger partial charge on any atom is -0.0884 e. The third-order valence-corrected chi connectivity index (χ3v) is 4.40. The minimum absolute atomic E-state index is 0.381. The third-order valence-electron chi connectivity index (χ3n) is 2.38. The number of hydrogen-bond acceptors (Lipinski definition) is 0. The Balaban J connectivity index is 2.99. The second-order valence-corrected chi connectivity index (χ2v) is 5.40. The van der Waals surface area contributed by atoms with Gasteiger partial charge in [0.1, 0.15) is 0 Å². The van der Waals surface area contributed by atoms with Crippen LogP contribution < -0.4 is 0 Å². The van der Waals surface area contributed by atoms with Crippen molar-refractivity contribution >= 4 is 39.1 Å². The van der Waals surface area contributed by atoms with Crippen LogP contribution in [0.25, 0.3) is 0 Å². The molecule has 0 spiro atoms. The molecule has 1 aromatic carbocycles. The van der Waals surface area contributed by atoms with Gasteiger partial charge in [-0.15, -0.1) is 0 Å². The van der Waals surface area contributed by atoms with Crippen molar-refractivity contribution in [2.24, 2.45) is 0 Å². The van der Waals surface area contributed by atoms with Gasteiger partial charge < -0.3 is 0 Å². The standard InChI is InChI=1S/C11H13BrCl2/c1-3-10(12)7(2)9-6-8(13)4-5-11(9)14/h4-7,10H,3H2,1-2H3. The zero-order valence-electron chi connectivity index (χ0n) is 8.23. The Bertz CT molecular complexity index is 312. The highest BCUT2D eigenvalue weighted by Gasteiger charge is 2.16. The second kappa shape index (κ2) is 5.39. The van der Waals surface area contributed by atoms with Gasteiger partial charge in [-0.25, -0.2) is 0 Å². The SMILES string of the molecule is CCC(Br)C(C)c1cc(Cl)ccc1Cl. The number of hydrogen-bond donors (Lipinski definition) is 0. The van der Waals surface area contributed by atoms with Gasteiger partial charge in [-0.05, 0) is 36.1 Å². The van der Waals surface area contributed by atoms with E-state index in [1.165, 1.54) is 0 Å². The van der Waals surface area contributed by atoms with Gasteiger partial charge in [0.25, 0.3) is 0 Å². The Morgan fingerprint density at radius 3 is 2.57 bits per heavy atom. The lowest BCUT2D eigenvalue weighted by atomic mass is 9.96. The fourth-order valence-corrected chi connectivity index (χ4v) is 2.17. The molecular weight excluding hydrogens is 283 g/mol. The molecular formula is C11H13BrCl2. The van der Waals surface area contributed by atoms with Crippen LogP contribution in [0.2, 0.25) is 10.0 Å². The Hall–Kier alpha value is 0.280. The zero-order chi connectivity index (χ0) is 10.7. The zero-order valence-corrected chi connectivity index (χ0v) is 11.3. The number of halogens is 3. The van der Waals surface area contributed by atoms with E-state index >= 15 is 0 Å². The van der Waals surface area contributed by atoms with Crippen LogP contribution in [0.1, 0.15) is 31.7 Å². The first kappa shape index (κ1) is 12.4. The first-order valence-corrected chi connectivity index (χ1v) is 6.32. The minimum atomic E-state index is 0.381. The smallest absolute Gasteiger partial charge is 0.0442 e. The number of rotatable bonds is 3. The quantitative estimate of drug-likeness (QED) is 0.666. The van der Waals surface area contributed by atoms with Crippen LogP contribution in [0.3, 0.4) is 0 Å². The fraction of sp³-hybridized carbons (Fsp3) is 0.455. The summed E-state index contributed by atoms with van der Waals surface area (Å²) in [5, 5.41) is 1.53. The van der Waals surface area contributed by atoms with Crippen LogP contribution in [0.4, 0.5) is 0 Å². The predicted molar refractivity (Wildman–Crippen MR) is 67.9 cm³/mol. The second-order valence-electron chi connectivity index (χ2n) is 3.38. The molecule has 0 fully saturated rings. The molecule has 3 heteroatoms. The largest absolute Gasteiger partial charge is 0.0884 e. The van der Waals surface area contributed by atoms with Gasteiger partial charge >= 0.3 is 0 Å². The molecule has 0 amide bonds. The van der Waals surface area contributed by atoms with Gasteiger partial charge in [0, 0.05) is 14.9 Å². The highest BCUT2D eigenvalue weighted by atomic mass is 79.9. The van der Waals surface area contributed by atoms with Crippen LogP contribution in [0.5, 0.6) is 0 Å². The molecule has 1 rings (SSSR count). The van der Waals surface area contributed by atoms with E-state index in [0.717, 1.165) is 22.0 Å². The maximum absolute atomic E-state index is 6.11. The lowest BCUT2D eigenvalue weighted by Crippen LogP contribution is -2.08. The number of alkyl halides is 1. The molecule has 0 heterocycles. The first-order valence-electron chi connectivity index (χ1n) is 4.65. The van der Waals surface area contributed by atoms with Crippen molar-refractivity contribution in [3.63, 3.8) is 0 Å². The van der Waals surface area contributed by atoms with Gasteiger partial charge in [0.2, 0.25) is 0 Å². The summed E-state index contributed by atoms with van der Waals surface area (Å²) in [7, 11) is 0. The van der Waals surface area contributed by atoms with Crippen LogP contribution >= 0.6 is 39.1 Å². The monoisotopic (exact) mass is 294 g/mol. The summed E-state index contributed by atoms with van der Waals surface area (Å²) in [6.45, 7) is 4.30. The molecule has 0 radical (unpaired) electrons.